The maximum Gasteiger partial charge on any atom is 0.225 e. The number of guanidine groups is 1. The van der Waals surface area contributed by atoms with Gasteiger partial charge in [0.25, 0.3) is 0 Å². The monoisotopic (exact) mass is 516 g/mol. The number of ether oxygens (including phenoxy) is 1. The molecule has 6 nitrogen and oxygen atoms in total. The van der Waals surface area contributed by atoms with Crippen molar-refractivity contribution in [1.29, 1.82) is 0 Å². The van der Waals surface area contributed by atoms with E-state index in [-0.39, 0.29) is 41.8 Å². The summed E-state index contributed by atoms with van der Waals surface area (Å²) in [5.41, 5.74) is 3.69. The van der Waals surface area contributed by atoms with E-state index in [2.05, 4.69) is 48.5 Å². The molecule has 1 fully saturated rings. The number of aryl methyl sites for hydroxylation is 2. The molecule has 0 aromatic heterocycles. The summed E-state index contributed by atoms with van der Waals surface area (Å²) in [6, 6.07) is 4.53. The molecule has 0 spiro atoms. The summed E-state index contributed by atoms with van der Waals surface area (Å²) >= 11 is 0. The molecule has 29 heavy (non-hydrogen) atoms. The smallest absolute Gasteiger partial charge is 0.225 e. The van der Waals surface area contributed by atoms with Gasteiger partial charge in [0.1, 0.15) is 5.75 Å². The van der Waals surface area contributed by atoms with Crippen LogP contribution in [0.3, 0.4) is 0 Å². The Labute approximate surface area is 192 Å². The molecule has 1 saturated heterocycles. The van der Waals surface area contributed by atoms with E-state index >= 15 is 0 Å². The Kier molecular flexibility index (Phi) is 10.8. The maximum absolute atomic E-state index is 12.1. The molecule has 1 amide bonds. The number of halogens is 1. The Morgan fingerprint density at radius 1 is 1.31 bits per heavy atom. The number of carbonyl (C=O) groups is 1. The fraction of sp³-hybridized carbons (Fsp3) is 0.636. The molecular formula is C22H37IN4O2. The number of likely N-dealkylation sites (tertiary alicyclic amines) is 1. The van der Waals surface area contributed by atoms with E-state index in [9.17, 15) is 4.79 Å². The van der Waals surface area contributed by atoms with Gasteiger partial charge < -0.3 is 20.3 Å². The topological polar surface area (TPSA) is 66.0 Å². The van der Waals surface area contributed by atoms with Crippen molar-refractivity contribution in [2.45, 2.75) is 53.5 Å². The molecule has 1 aromatic rings. The normalized spacial score (nSPS) is 16.6. The molecule has 2 N–H and O–H groups in total. The molecule has 0 saturated carbocycles. The molecule has 1 atom stereocenters. The van der Waals surface area contributed by atoms with Gasteiger partial charge >= 0.3 is 0 Å². The van der Waals surface area contributed by atoms with Crippen LogP contribution >= 0.6 is 24.0 Å². The zero-order valence-electron chi connectivity index (χ0n) is 18.7. The fourth-order valence-corrected chi connectivity index (χ4v) is 3.44. The minimum Gasteiger partial charge on any atom is -0.493 e. The van der Waals surface area contributed by atoms with E-state index in [0.29, 0.717) is 6.61 Å². The summed E-state index contributed by atoms with van der Waals surface area (Å²) in [4.78, 5) is 18.4. The number of carbonyl (C=O) groups excluding carboxylic acids is 1. The van der Waals surface area contributed by atoms with Gasteiger partial charge in [-0.25, -0.2) is 0 Å². The fourth-order valence-electron chi connectivity index (χ4n) is 3.44. The molecule has 1 unspecified atom stereocenters. The van der Waals surface area contributed by atoms with Crippen molar-refractivity contribution in [3.8, 4) is 5.75 Å². The molecule has 2 rings (SSSR count). The van der Waals surface area contributed by atoms with Crippen molar-refractivity contribution in [3.05, 3.63) is 28.8 Å². The Hall–Kier alpha value is -1.51. The molecule has 1 heterocycles. The lowest BCUT2D eigenvalue weighted by molar-refractivity contribution is -0.133. The number of hydrogen-bond donors (Lipinski definition) is 2. The average Bonchev–Trinajstić information content (AvgIpc) is 3.11. The van der Waals surface area contributed by atoms with Gasteiger partial charge in [0, 0.05) is 38.6 Å². The number of hydrogen-bond acceptors (Lipinski definition) is 3. The zero-order chi connectivity index (χ0) is 20.7. The highest BCUT2D eigenvalue weighted by molar-refractivity contribution is 14.0. The Morgan fingerprint density at radius 2 is 2.03 bits per heavy atom. The minimum absolute atomic E-state index is 0. The van der Waals surface area contributed by atoms with Gasteiger partial charge in [-0.2, -0.15) is 0 Å². The third-order valence-corrected chi connectivity index (χ3v) is 5.19. The summed E-state index contributed by atoms with van der Waals surface area (Å²) in [5, 5.41) is 6.77. The average molecular weight is 516 g/mol. The number of aliphatic imine (C=N–C) groups is 1. The first kappa shape index (κ1) is 25.5. The predicted octanol–water partition coefficient (Wildman–Crippen LogP) is 3.42. The summed E-state index contributed by atoms with van der Waals surface area (Å²) in [6.45, 7) is 13.2. The molecule has 164 valence electrons. The SMILES string of the molecule is CN=C(NCCCOc1cc(C)cc(C)c1C)NC1CCN(C(=O)C(C)C)C1.I. The Bertz CT molecular complexity index is 706. The van der Waals surface area contributed by atoms with Crippen molar-refractivity contribution in [2.75, 3.05) is 33.3 Å². The third-order valence-electron chi connectivity index (χ3n) is 5.19. The van der Waals surface area contributed by atoms with Gasteiger partial charge in [-0.1, -0.05) is 19.9 Å². The van der Waals surface area contributed by atoms with E-state index in [0.717, 1.165) is 44.2 Å². The zero-order valence-corrected chi connectivity index (χ0v) is 21.0. The first-order valence-electron chi connectivity index (χ1n) is 10.3. The molecule has 1 aliphatic rings. The lowest BCUT2D eigenvalue weighted by Crippen LogP contribution is -2.45. The molecule has 1 aromatic carbocycles. The van der Waals surface area contributed by atoms with Crippen LogP contribution in [0.1, 0.15) is 43.4 Å². The second-order valence-electron chi connectivity index (χ2n) is 7.97. The van der Waals surface area contributed by atoms with Crippen LogP contribution < -0.4 is 15.4 Å². The first-order chi connectivity index (χ1) is 13.3. The van der Waals surface area contributed by atoms with Gasteiger partial charge in [0.05, 0.1) is 6.61 Å². The van der Waals surface area contributed by atoms with Gasteiger partial charge in [-0.05, 0) is 56.4 Å². The third kappa shape index (κ3) is 7.68. The molecule has 0 bridgehead atoms. The number of amides is 1. The van der Waals surface area contributed by atoms with Crippen molar-refractivity contribution < 1.29 is 9.53 Å². The summed E-state index contributed by atoms with van der Waals surface area (Å²) in [7, 11) is 1.77. The van der Waals surface area contributed by atoms with E-state index < -0.39 is 0 Å². The minimum atomic E-state index is 0. The summed E-state index contributed by atoms with van der Waals surface area (Å²) < 4.78 is 5.97. The highest BCUT2D eigenvalue weighted by Crippen LogP contribution is 2.23. The quantitative estimate of drug-likeness (QED) is 0.252. The van der Waals surface area contributed by atoms with Crippen molar-refractivity contribution in [3.63, 3.8) is 0 Å². The summed E-state index contributed by atoms with van der Waals surface area (Å²) in [5.74, 6) is 2.04. The van der Waals surface area contributed by atoms with Crippen molar-refractivity contribution in [1.82, 2.24) is 15.5 Å². The van der Waals surface area contributed by atoms with Crippen LogP contribution in [-0.4, -0.2) is 56.1 Å². The van der Waals surface area contributed by atoms with Crippen LogP contribution in [0.15, 0.2) is 17.1 Å². The number of nitrogens with zero attached hydrogens (tertiary/aromatic N) is 2. The van der Waals surface area contributed by atoms with Crippen LogP contribution in [0, 0.1) is 26.7 Å². The second kappa shape index (κ2) is 12.2. The second-order valence-corrected chi connectivity index (χ2v) is 7.97. The summed E-state index contributed by atoms with van der Waals surface area (Å²) in [6.07, 6.45) is 1.84. The predicted molar refractivity (Wildman–Crippen MR) is 131 cm³/mol. The maximum atomic E-state index is 12.1. The van der Waals surface area contributed by atoms with Crippen LogP contribution in [0.5, 0.6) is 5.75 Å². The van der Waals surface area contributed by atoms with E-state index in [1.54, 1.807) is 7.05 Å². The first-order valence-corrected chi connectivity index (χ1v) is 10.3. The highest BCUT2D eigenvalue weighted by atomic mass is 127. The van der Waals surface area contributed by atoms with Gasteiger partial charge in [-0.3, -0.25) is 9.79 Å². The number of nitrogens with one attached hydrogen (secondary N) is 2. The van der Waals surface area contributed by atoms with Crippen LogP contribution in [0.25, 0.3) is 0 Å². The lowest BCUT2D eigenvalue weighted by atomic mass is 10.1. The van der Waals surface area contributed by atoms with Crippen LogP contribution in [0.2, 0.25) is 0 Å². The van der Waals surface area contributed by atoms with Crippen molar-refractivity contribution in [2.24, 2.45) is 10.9 Å². The van der Waals surface area contributed by atoms with Gasteiger partial charge in [0.15, 0.2) is 5.96 Å². The van der Waals surface area contributed by atoms with E-state index in [1.165, 1.54) is 16.7 Å². The van der Waals surface area contributed by atoms with Crippen LogP contribution in [-0.2, 0) is 4.79 Å². The molecular weight excluding hydrogens is 479 g/mol. The van der Waals surface area contributed by atoms with Gasteiger partial charge in [0.2, 0.25) is 5.91 Å². The molecule has 1 aliphatic heterocycles. The standard InChI is InChI=1S/C22H36N4O2.HI/c1-15(2)21(27)26-10-8-19(14-26)25-22(23-6)24-9-7-11-28-20-13-16(3)12-17(4)18(20)5;/h12-13,15,19H,7-11,14H2,1-6H3,(H2,23,24,25);1H. The van der Waals surface area contributed by atoms with Gasteiger partial charge in [-0.15, -0.1) is 24.0 Å². The Balaban J connectivity index is 0.00000420. The van der Waals surface area contributed by atoms with Crippen molar-refractivity contribution >= 4 is 35.8 Å². The molecule has 7 heteroatoms. The van der Waals surface area contributed by atoms with E-state index in [1.807, 2.05) is 18.7 Å². The highest BCUT2D eigenvalue weighted by Gasteiger charge is 2.27. The van der Waals surface area contributed by atoms with E-state index in [4.69, 9.17) is 4.74 Å². The largest absolute Gasteiger partial charge is 0.493 e. The van der Waals surface area contributed by atoms with Crippen LogP contribution in [0.4, 0.5) is 0 Å². The molecule has 0 aliphatic carbocycles. The number of benzene rings is 1. The Morgan fingerprint density at radius 3 is 2.69 bits per heavy atom. The molecule has 0 radical (unpaired) electrons. The lowest BCUT2D eigenvalue weighted by Gasteiger charge is -2.20. The number of rotatable bonds is 7.